The molecule has 0 aromatic heterocycles. The molecule has 2 N–H and O–H groups in total. The van der Waals surface area contributed by atoms with E-state index in [-0.39, 0.29) is 0 Å². The van der Waals surface area contributed by atoms with Crippen LogP contribution in [0.5, 0.6) is 0 Å². The largest absolute Gasteiger partial charge is 0.480 e. The average molecular weight is 249 g/mol. The van der Waals surface area contributed by atoms with Gasteiger partial charge in [-0.05, 0) is 25.5 Å². The van der Waals surface area contributed by atoms with Gasteiger partial charge in [-0.15, -0.1) is 0 Å². The molecular formula is C15H23NO2. The molecule has 0 amide bonds. The number of carboxylic acids is 1. The van der Waals surface area contributed by atoms with Gasteiger partial charge in [-0.1, -0.05) is 50.8 Å². The zero-order chi connectivity index (χ0) is 13.4. The van der Waals surface area contributed by atoms with E-state index in [1.807, 2.05) is 30.3 Å². The molecule has 100 valence electrons. The van der Waals surface area contributed by atoms with Crippen molar-refractivity contribution in [1.82, 2.24) is 0 Å². The molecule has 0 heterocycles. The lowest BCUT2D eigenvalue weighted by molar-refractivity contribution is -0.142. The van der Waals surface area contributed by atoms with Gasteiger partial charge in [0, 0.05) is 5.69 Å². The molecule has 3 heteroatoms. The van der Waals surface area contributed by atoms with Crippen molar-refractivity contribution >= 4 is 11.7 Å². The predicted molar refractivity (Wildman–Crippen MR) is 74.9 cm³/mol. The van der Waals surface area contributed by atoms with Gasteiger partial charge in [0.05, 0.1) is 0 Å². The summed E-state index contributed by atoms with van der Waals surface area (Å²) in [6.07, 6.45) is 5.01. The van der Waals surface area contributed by atoms with Gasteiger partial charge in [0.15, 0.2) is 0 Å². The fourth-order valence-corrected chi connectivity index (χ4v) is 1.97. The number of carboxylic acid groups (broad SMARTS) is 1. The van der Waals surface area contributed by atoms with Crippen molar-refractivity contribution < 1.29 is 9.90 Å². The molecule has 1 aromatic rings. The summed E-state index contributed by atoms with van der Waals surface area (Å²) < 4.78 is 0. The fourth-order valence-electron chi connectivity index (χ4n) is 1.97. The lowest BCUT2D eigenvalue weighted by atomic mass is 9.93. The molecule has 0 radical (unpaired) electrons. The minimum Gasteiger partial charge on any atom is -0.480 e. The summed E-state index contributed by atoms with van der Waals surface area (Å²) in [4.78, 5) is 11.4. The van der Waals surface area contributed by atoms with E-state index in [1.54, 1.807) is 6.92 Å². The summed E-state index contributed by atoms with van der Waals surface area (Å²) >= 11 is 0. The van der Waals surface area contributed by atoms with Crippen LogP contribution in [0, 0.1) is 0 Å². The van der Waals surface area contributed by atoms with Gasteiger partial charge in [0.25, 0.3) is 0 Å². The van der Waals surface area contributed by atoms with Gasteiger partial charge in [0.1, 0.15) is 5.54 Å². The molecule has 0 saturated heterocycles. The molecule has 0 fully saturated rings. The van der Waals surface area contributed by atoms with Crippen LogP contribution < -0.4 is 5.32 Å². The van der Waals surface area contributed by atoms with Crippen LogP contribution in [0.3, 0.4) is 0 Å². The minimum atomic E-state index is -0.880. The molecule has 0 saturated carbocycles. The Morgan fingerprint density at radius 2 is 1.89 bits per heavy atom. The molecular weight excluding hydrogens is 226 g/mol. The van der Waals surface area contributed by atoms with Gasteiger partial charge in [-0.3, -0.25) is 0 Å². The number of benzene rings is 1. The van der Waals surface area contributed by atoms with Gasteiger partial charge in [-0.2, -0.15) is 0 Å². The van der Waals surface area contributed by atoms with Crippen LogP contribution >= 0.6 is 0 Å². The summed E-state index contributed by atoms with van der Waals surface area (Å²) in [5.74, 6) is -0.789. The monoisotopic (exact) mass is 249 g/mol. The number of rotatable bonds is 8. The third-order valence-electron chi connectivity index (χ3n) is 3.20. The lowest BCUT2D eigenvalue weighted by Crippen LogP contribution is -2.43. The number of para-hydroxylation sites is 1. The number of anilines is 1. The topological polar surface area (TPSA) is 49.3 Å². The van der Waals surface area contributed by atoms with Crippen LogP contribution in [0.4, 0.5) is 5.69 Å². The number of carbonyl (C=O) groups is 1. The highest BCUT2D eigenvalue weighted by molar-refractivity contribution is 5.82. The maximum atomic E-state index is 11.4. The zero-order valence-corrected chi connectivity index (χ0v) is 11.3. The Bertz CT molecular complexity index is 364. The van der Waals surface area contributed by atoms with Crippen molar-refractivity contribution in [2.75, 3.05) is 5.32 Å². The van der Waals surface area contributed by atoms with E-state index in [9.17, 15) is 9.90 Å². The summed E-state index contributed by atoms with van der Waals surface area (Å²) in [6.45, 7) is 3.91. The Morgan fingerprint density at radius 1 is 1.22 bits per heavy atom. The smallest absolute Gasteiger partial charge is 0.329 e. The number of aliphatic carboxylic acids is 1. The van der Waals surface area contributed by atoms with E-state index in [2.05, 4.69) is 12.2 Å². The van der Waals surface area contributed by atoms with E-state index in [0.717, 1.165) is 24.9 Å². The molecule has 0 bridgehead atoms. The summed E-state index contributed by atoms with van der Waals surface area (Å²) in [5.41, 5.74) is -0.0207. The molecule has 3 nitrogen and oxygen atoms in total. The van der Waals surface area contributed by atoms with Crippen molar-refractivity contribution in [1.29, 1.82) is 0 Å². The van der Waals surface area contributed by atoms with Crippen molar-refractivity contribution in [3.8, 4) is 0 Å². The third kappa shape index (κ3) is 4.40. The Hall–Kier alpha value is -1.51. The van der Waals surface area contributed by atoms with E-state index in [1.165, 1.54) is 6.42 Å². The first-order chi connectivity index (χ1) is 8.58. The summed E-state index contributed by atoms with van der Waals surface area (Å²) in [6, 6.07) is 9.52. The predicted octanol–water partition coefficient (Wildman–Crippen LogP) is 3.91. The highest BCUT2D eigenvalue weighted by Gasteiger charge is 2.32. The van der Waals surface area contributed by atoms with Gasteiger partial charge in [-0.25, -0.2) is 4.79 Å². The van der Waals surface area contributed by atoms with Crippen molar-refractivity contribution in [3.63, 3.8) is 0 Å². The van der Waals surface area contributed by atoms with Crippen molar-refractivity contribution in [3.05, 3.63) is 30.3 Å². The van der Waals surface area contributed by atoms with Crippen LogP contribution in [0.15, 0.2) is 30.3 Å². The van der Waals surface area contributed by atoms with Gasteiger partial charge < -0.3 is 10.4 Å². The first kappa shape index (κ1) is 14.6. The Balaban J connectivity index is 2.60. The van der Waals surface area contributed by atoms with Gasteiger partial charge in [0.2, 0.25) is 0 Å². The van der Waals surface area contributed by atoms with Crippen LogP contribution in [-0.2, 0) is 4.79 Å². The number of nitrogens with one attached hydrogen (secondary N) is 1. The van der Waals surface area contributed by atoms with Crippen molar-refractivity contribution in [2.24, 2.45) is 0 Å². The second-order valence-electron chi connectivity index (χ2n) is 4.94. The number of hydrogen-bond donors (Lipinski definition) is 2. The molecule has 1 atom stereocenters. The third-order valence-corrected chi connectivity index (χ3v) is 3.20. The second kappa shape index (κ2) is 7.04. The van der Waals surface area contributed by atoms with E-state index in [4.69, 9.17) is 0 Å². The summed E-state index contributed by atoms with van der Waals surface area (Å²) in [5, 5.41) is 12.5. The number of unbranched alkanes of at least 4 members (excludes halogenated alkanes) is 3. The molecule has 18 heavy (non-hydrogen) atoms. The summed E-state index contributed by atoms with van der Waals surface area (Å²) in [7, 11) is 0. The van der Waals surface area contributed by atoms with Crippen LogP contribution in [0.25, 0.3) is 0 Å². The standard InChI is InChI=1S/C15H23NO2/c1-3-4-5-9-12-15(2,14(17)18)16-13-10-7-6-8-11-13/h6-8,10-11,16H,3-5,9,12H2,1-2H3,(H,17,18). The Labute approximate surface area is 109 Å². The molecule has 0 aliphatic heterocycles. The molecule has 0 aliphatic carbocycles. The van der Waals surface area contributed by atoms with Gasteiger partial charge >= 0.3 is 5.97 Å². The SMILES string of the molecule is CCCCCCC(C)(Nc1ccccc1)C(=O)O. The maximum Gasteiger partial charge on any atom is 0.329 e. The normalized spacial score (nSPS) is 13.9. The first-order valence-corrected chi connectivity index (χ1v) is 6.65. The van der Waals surface area contributed by atoms with E-state index in [0.29, 0.717) is 6.42 Å². The van der Waals surface area contributed by atoms with Crippen LogP contribution in [-0.4, -0.2) is 16.6 Å². The minimum absolute atomic E-state index is 0.650. The van der Waals surface area contributed by atoms with Crippen molar-refractivity contribution in [2.45, 2.75) is 51.5 Å². The fraction of sp³-hybridized carbons (Fsp3) is 0.533. The molecule has 1 rings (SSSR count). The molecule has 1 aromatic carbocycles. The molecule has 0 spiro atoms. The molecule has 1 unspecified atom stereocenters. The quantitative estimate of drug-likeness (QED) is 0.687. The maximum absolute atomic E-state index is 11.4. The first-order valence-electron chi connectivity index (χ1n) is 6.65. The average Bonchev–Trinajstić information content (AvgIpc) is 2.36. The highest BCUT2D eigenvalue weighted by atomic mass is 16.4. The Kier molecular flexibility index (Phi) is 5.69. The Morgan fingerprint density at radius 3 is 2.44 bits per heavy atom. The van der Waals surface area contributed by atoms with E-state index < -0.39 is 11.5 Å². The molecule has 0 aliphatic rings. The van der Waals surface area contributed by atoms with Crippen LogP contribution in [0.1, 0.15) is 46.0 Å². The van der Waals surface area contributed by atoms with E-state index >= 15 is 0 Å². The second-order valence-corrected chi connectivity index (χ2v) is 4.94. The lowest BCUT2D eigenvalue weighted by Gasteiger charge is -2.27. The zero-order valence-electron chi connectivity index (χ0n) is 11.3. The number of hydrogen-bond acceptors (Lipinski definition) is 2. The highest BCUT2D eigenvalue weighted by Crippen LogP contribution is 2.21. The van der Waals surface area contributed by atoms with Crippen LogP contribution in [0.2, 0.25) is 0 Å².